The topological polar surface area (TPSA) is 231 Å². The molecule has 0 saturated carbocycles. The third-order valence-electron chi connectivity index (χ3n) is 16.3. The number of esters is 2. The van der Waals surface area contributed by atoms with Crippen molar-refractivity contribution in [3.63, 3.8) is 0 Å². The Morgan fingerprint density at radius 3 is 0.987 bits per heavy atom. The summed E-state index contributed by atoms with van der Waals surface area (Å²) >= 11 is 0. The molecule has 0 radical (unpaired) electrons. The van der Waals surface area contributed by atoms with Crippen molar-refractivity contribution in [1.82, 2.24) is 0 Å². The van der Waals surface area contributed by atoms with Crippen LogP contribution in [-0.4, -0.2) is 142 Å². The van der Waals surface area contributed by atoms with Crippen LogP contribution in [0.2, 0.25) is 0 Å². The number of aliphatic hydroxyl groups excluding tert-OH is 7. The van der Waals surface area contributed by atoms with Gasteiger partial charge in [0.2, 0.25) is 0 Å². The molecule has 11 unspecified atom stereocenters. The monoisotopic (exact) mass is 1130 g/mol. The molecule has 2 aliphatic rings. The van der Waals surface area contributed by atoms with E-state index in [2.05, 4.69) is 13.8 Å². The summed E-state index contributed by atoms with van der Waals surface area (Å²) in [6.45, 7) is 2.69. The smallest absolute Gasteiger partial charge is 0.306 e. The third-order valence-corrected chi connectivity index (χ3v) is 16.3. The molecule has 2 aliphatic heterocycles. The lowest BCUT2D eigenvalue weighted by atomic mass is 9.98. The van der Waals surface area contributed by atoms with Gasteiger partial charge in [0.25, 0.3) is 0 Å². The first-order valence-electron chi connectivity index (χ1n) is 33.1. The Hall–Kier alpha value is -1.50. The Labute approximate surface area is 480 Å². The van der Waals surface area contributed by atoms with Crippen molar-refractivity contribution in [2.75, 3.05) is 26.4 Å². The van der Waals surface area contributed by atoms with Crippen LogP contribution in [0.4, 0.5) is 0 Å². The first-order chi connectivity index (χ1) is 38.5. The first kappa shape index (κ1) is 73.6. The van der Waals surface area contributed by atoms with Crippen LogP contribution in [0.3, 0.4) is 0 Å². The maximum absolute atomic E-state index is 13.1. The summed E-state index contributed by atoms with van der Waals surface area (Å²) in [5.41, 5.74) is 0. The summed E-state index contributed by atoms with van der Waals surface area (Å²) in [5, 5.41) is 72.5. The van der Waals surface area contributed by atoms with E-state index in [9.17, 15) is 45.3 Å². The molecular weight excluding hydrogens is 1010 g/mol. The maximum atomic E-state index is 13.1. The van der Waals surface area contributed by atoms with Gasteiger partial charge in [-0.2, -0.15) is 0 Å². The average Bonchev–Trinajstić information content (AvgIpc) is 3.53. The number of carbonyl (C=O) groups excluding carboxylic acids is 2. The molecule has 0 spiro atoms. The van der Waals surface area contributed by atoms with Crippen LogP contribution in [0, 0.1) is 0 Å². The van der Waals surface area contributed by atoms with Gasteiger partial charge in [0.1, 0.15) is 55.4 Å². The minimum absolute atomic E-state index is 0.174. The lowest BCUT2D eigenvalue weighted by molar-refractivity contribution is -0.332. The highest BCUT2D eigenvalue weighted by Crippen LogP contribution is 2.27. The van der Waals surface area contributed by atoms with Gasteiger partial charge in [-0.1, -0.05) is 277 Å². The molecule has 2 heterocycles. The van der Waals surface area contributed by atoms with E-state index >= 15 is 0 Å². The van der Waals surface area contributed by atoms with Gasteiger partial charge in [-0.25, -0.2) is 0 Å². The summed E-state index contributed by atoms with van der Waals surface area (Å²) in [4.78, 5) is 26.0. The molecule has 0 aromatic rings. The van der Waals surface area contributed by atoms with E-state index in [1.54, 1.807) is 0 Å². The van der Waals surface area contributed by atoms with Crippen molar-refractivity contribution >= 4 is 11.9 Å². The molecule has 0 aromatic heterocycles. The summed E-state index contributed by atoms with van der Waals surface area (Å²) in [6, 6.07) is 0. The molecule has 0 bridgehead atoms. The zero-order valence-corrected chi connectivity index (χ0v) is 50.4. The summed E-state index contributed by atoms with van der Waals surface area (Å²) in [7, 11) is 0. The Bertz CT molecular complexity index is 1370. The van der Waals surface area contributed by atoms with Gasteiger partial charge < -0.3 is 64.2 Å². The zero-order valence-electron chi connectivity index (χ0n) is 50.4. The number of carbonyl (C=O) groups is 2. The van der Waals surface area contributed by atoms with E-state index < -0.39 is 92.7 Å². The molecule has 2 fully saturated rings. The molecule has 7 N–H and O–H groups in total. The van der Waals surface area contributed by atoms with Crippen molar-refractivity contribution in [2.45, 2.75) is 370 Å². The van der Waals surface area contributed by atoms with Gasteiger partial charge in [0.15, 0.2) is 18.7 Å². The molecule has 2 rings (SSSR count). The second kappa shape index (κ2) is 51.0. The normalized spacial score (nSPS) is 23.8. The van der Waals surface area contributed by atoms with Gasteiger partial charge in [0, 0.05) is 12.8 Å². The van der Waals surface area contributed by atoms with Crippen molar-refractivity contribution in [3.8, 4) is 0 Å². The van der Waals surface area contributed by atoms with Gasteiger partial charge in [0.05, 0.1) is 19.8 Å². The number of aliphatic hydroxyl groups is 7. The quantitative estimate of drug-likeness (QED) is 0.0222. The second-order valence-electron chi connectivity index (χ2n) is 23.7. The Morgan fingerprint density at radius 1 is 0.354 bits per heavy atom. The molecule has 11 atom stereocenters. The fourth-order valence-electron chi connectivity index (χ4n) is 11.0. The number of unbranched alkanes of at least 4 members (excludes halogenated alkanes) is 41. The Kier molecular flexibility index (Phi) is 47.5. The zero-order chi connectivity index (χ0) is 57.4. The van der Waals surface area contributed by atoms with E-state index in [0.717, 1.165) is 38.5 Å². The molecular formula is C64H122O15. The maximum Gasteiger partial charge on any atom is 0.306 e. The second-order valence-corrected chi connectivity index (χ2v) is 23.7. The molecule has 15 nitrogen and oxygen atoms in total. The van der Waals surface area contributed by atoms with Crippen molar-refractivity contribution in [1.29, 1.82) is 0 Å². The van der Waals surface area contributed by atoms with Gasteiger partial charge in [-0.15, -0.1) is 0 Å². The van der Waals surface area contributed by atoms with Crippen LogP contribution in [0.15, 0.2) is 0 Å². The highest BCUT2D eigenvalue weighted by Gasteiger charge is 2.47. The predicted octanol–water partition coefficient (Wildman–Crippen LogP) is 12.7. The van der Waals surface area contributed by atoms with Crippen LogP contribution in [0.5, 0.6) is 0 Å². The van der Waals surface area contributed by atoms with Crippen LogP contribution >= 0.6 is 0 Å². The number of rotatable bonds is 55. The van der Waals surface area contributed by atoms with Crippen LogP contribution in [0.1, 0.15) is 303 Å². The van der Waals surface area contributed by atoms with E-state index in [-0.39, 0.29) is 26.1 Å². The van der Waals surface area contributed by atoms with Crippen LogP contribution < -0.4 is 0 Å². The number of hydrogen-bond donors (Lipinski definition) is 7. The van der Waals surface area contributed by atoms with Gasteiger partial charge in [-0.05, 0) is 12.8 Å². The number of ether oxygens (including phenoxy) is 6. The highest BCUT2D eigenvalue weighted by molar-refractivity contribution is 5.70. The van der Waals surface area contributed by atoms with Gasteiger partial charge in [-0.3, -0.25) is 9.59 Å². The Balaban J connectivity index is 1.68. The summed E-state index contributed by atoms with van der Waals surface area (Å²) < 4.78 is 33.8. The average molecular weight is 1130 g/mol. The lowest BCUT2D eigenvalue weighted by Gasteiger charge is -2.42. The van der Waals surface area contributed by atoms with Gasteiger partial charge >= 0.3 is 11.9 Å². The summed E-state index contributed by atoms with van der Waals surface area (Å²) in [6.07, 6.45) is 38.4. The minimum atomic E-state index is -1.76. The fraction of sp³-hybridized carbons (Fsp3) is 0.969. The van der Waals surface area contributed by atoms with Crippen molar-refractivity contribution in [3.05, 3.63) is 0 Å². The fourth-order valence-corrected chi connectivity index (χ4v) is 11.0. The molecule has 0 aromatic carbocycles. The molecule has 79 heavy (non-hydrogen) atoms. The molecule has 0 amide bonds. The number of hydrogen-bond acceptors (Lipinski definition) is 15. The van der Waals surface area contributed by atoms with Crippen molar-refractivity contribution < 1.29 is 73.8 Å². The van der Waals surface area contributed by atoms with E-state index in [0.29, 0.717) is 12.8 Å². The Morgan fingerprint density at radius 2 is 0.646 bits per heavy atom. The molecule has 0 aliphatic carbocycles. The van der Waals surface area contributed by atoms with E-state index in [1.165, 1.54) is 225 Å². The molecule has 15 heteroatoms. The summed E-state index contributed by atoms with van der Waals surface area (Å²) in [5.74, 6) is -0.898. The molecule has 468 valence electrons. The standard InChI is InChI=1S/C64H122O15/c1-3-5-7-9-11-13-15-17-19-21-23-25-26-27-29-31-33-35-37-39-41-43-45-47-56(67)77-52(49-74-55(66)46-44-42-40-38-36-34-32-30-28-24-22-20-18-16-14-12-10-8-6-4-2)50-75-63-62(73)60(71)58(69)54(79-63)51-76-64-61(72)59(70)57(68)53(48-65)78-64/h52-54,57-65,68-73H,3-51H2,1-2H3. The third kappa shape index (κ3) is 37.4. The van der Waals surface area contributed by atoms with Crippen LogP contribution in [0.25, 0.3) is 0 Å². The SMILES string of the molecule is CCCCCCCCCCCCCCCCCCCCCCCCCC(=O)OC(COC(=O)CCCCCCCCCCCCCCCCCCCCCC)COC1OC(COC2OC(CO)C(O)C(O)C2O)C(O)C(O)C1O. The lowest BCUT2D eigenvalue weighted by Crippen LogP contribution is -2.61. The van der Waals surface area contributed by atoms with Crippen LogP contribution in [-0.2, 0) is 38.0 Å². The molecule has 2 saturated heterocycles. The first-order valence-corrected chi connectivity index (χ1v) is 33.1. The van der Waals surface area contributed by atoms with E-state index in [1.807, 2.05) is 0 Å². The van der Waals surface area contributed by atoms with E-state index in [4.69, 9.17) is 28.4 Å². The minimum Gasteiger partial charge on any atom is -0.462 e. The highest BCUT2D eigenvalue weighted by atomic mass is 16.7. The largest absolute Gasteiger partial charge is 0.462 e. The van der Waals surface area contributed by atoms with Crippen molar-refractivity contribution in [2.24, 2.45) is 0 Å². The predicted molar refractivity (Wildman–Crippen MR) is 312 cm³/mol.